The van der Waals surface area contributed by atoms with Crippen molar-refractivity contribution < 1.29 is 14.3 Å². The van der Waals surface area contributed by atoms with Gasteiger partial charge in [-0.05, 0) is 14.0 Å². The molecule has 0 rings (SSSR count). The zero-order valence-corrected chi connectivity index (χ0v) is 9.87. The van der Waals surface area contributed by atoms with Gasteiger partial charge in [0, 0.05) is 13.1 Å². The van der Waals surface area contributed by atoms with Gasteiger partial charge in [-0.15, -0.1) is 0 Å². The quantitative estimate of drug-likeness (QED) is 0.628. The average Bonchev–Trinajstić information content (AvgIpc) is 2.16. The molecule has 15 heavy (non-hydrogen) atoms. The molecular formula is C10H20N2O3. The summed E-state index contributed by atoms with van der Waals surface area (Å²) in [5, 5.41) is 2.70. The van der Waals surface area contributed by atoms with E-state index >= 15 is 0 Å². The van der Waals surface area contributed by atoms with E-state index in [1.165, 1.54) is 7.11 Å². The number of nitrogens with one attached hydrogen (secondary N) is 1. The van der Waals surface area contributed by atoms with Crippen LogP contribution in [0.3, 0.4) is 0 Å². The van der Waals surface area contributed by atoms with Crippen LogP contribution in [0.5, 0.6) is 0 Å². The first-order chi connectivity index (χ1) is 7.01. The molecule has 0 aromatic heterocycles. The van der Waals surface area contributed by atoms with Crippen LogP contribution in [-0.2, 0) is 14.3 Å². The number of likely N-dealkylation sites (N-methyl/N-ethyl adjacent to an activating group) is 2. The summed E-state index contributed by atoms with van der Waals surface area (Å²) in [5.74, 6) is -0.496. The predicted octanol–water partition coefficient (Wildman–Crippen LogP) is -0.137. The Morgan fingerprint density at radius 1 is 1.47 bits per heavy atom. The van der Waals surface area contributed by atoms with Gasteiger partial charge in [0.1, 0.15) is 0 Å². The summed E-state index contributed by atoms with van der Waals surface area (Å²) in [6, 6.07) is 0. The summed E-state index contributed by atoms with van der Waals surface area (Å²) in [4.78, 5) is 24.1. The van der Waals surface area contributed by atoms with Crippen molar-refractivity contribution in [1.29, 1.82) is 0 Å². The van der Waals surface area contributed by atoms with Gasteiger partial charge in [-0.1, -0.05) is 6.92 Å². The normalized spacial score (nSPS) is 12.3. The predicted molar refractivity (Wildman–Crippen MR) is 57.4 cm³/mol. The second kappa shape index (κ2) is 7.23. The number of nitrogens with zero attached hydrogens (tertiary/aromatic N) is 1. The topological polar surface area (TPSA) is 58.6 Å². The number of hydrogen-bond acceptors (Lipinski definition) is 4. The van der Waals surface area contributed by atoms with Crippen LogP contribution in [0.1, 0.15) is 13.8 Å². The number of rotatable bonds is 6. The third kappa shape index (κ3) is 6.06. The number of esters is 1. The molecule has 0 aliphatic heterocycles. The lowest BCUT2D eigenvalue weighted by Gasteiger charge is -2.19. The van der Waals surface area contributed by atoms with Gasteiger partial charge in [0.2, 0.25) is 5.91 Å². The Bertz CT molecular complexity index is 219. The zero-order chi connectivity index (χ0) is 11.8. The SMILES string of the molecule is CCNC(=O)CN(C)CC(C)C(=O)OC. The van der Waals surface area contributed by atoms with Crippen LogP contribution >= 0.6 is 0 Å². The highest BCUT2D eigenvalue weighted by atomic mass is 16.5. The number of carbonyl (C=O) groups is 2. The van der Waals surface area contributed by atoms with Gasteiger partial charge in [0.15, 0.2) is 0 Å². The summed E-state index contributed by atoms with van der Waals surface area (Å²) in [6.07, 6.45) is 0. The first-order valence-corrected chi connectivity index (χ1v) is 5.04. The molecule has 1 atom stereocenters. The fraction of sp³-hybridized carbons (Fsp3) is 0.800. The first kappa shape index (κ1) is 13.9. The molecule has 0 aliphatic carbocycles. The average molecular weight is 216 g/mol. The monoisotopic (exact) mass is 216 g/mol. The Morgan fingerprint density at radius 2 is 2.07 bits per heavy atom. The molecule has 88 valence electrons. The van der Waals surface area contributed by atoms with E-state index in [-0.39, 0.29) is 17.8 Å². The van der Waals surface area contributed by atoms with Gasteiger partial charge in [-0.2, -0.15) is 0 Å². The maximum Gasteiger partial charge on any atom is 0.309 e. The van der Waals surface area contributed by atoms with Crippen LogP contribution in [0, 0.1) is 5.92 Å². The Balaban J connectivity index is 3.87. The summed E-state index contributed by atoms with van der Waals surface area (Å²) >= 11 is 0. The fourth-order valence-corrected chi connectivity index (χ4v) is 1.31. The molecule has 0 aromatic carbocycles. The highest BCUT2D eigenvalue weighted by molar-refractivity contribution is 5.78. The lowest BCUT2D eigenvalue weighted by molar-refractivity contribution is -0.145. The summed E-state index contributed by atoms with van der Waals surface area (Å²) in [6.45, 7) is 5.09. The van der Waals surface area contributed by atoms with Crippen molar-refractivity contribution in [3.8, 4) is 0 Å². The van der Waals surface area contributed by atoms with Gasteiger partial charge < -0.3 is 10.1 Å². The molecule has 0 fully saturated rings. The maximum absolute atomic E-state index is 11.2. The molecule has 5 heteroatoms. The molecule has 1 amide bonds. The third-order valence-corrected chi connectivity index (χ3v) is 1.98. The Kier molecular flexibility index (Phi) is 6.70. The lowest BCUT2D eigenvalue weighted by atomic mass is 10.2. The van der Waals surface area contributed by atoms with Crippen molar-refractivity contribution in [2.75, 3.05) is 33.8 Å². The van der Waals surface area contributed by atoms with Crippen molar-refractivity contribution in [2.45, 2.75) is 13.8 Å². The second-order valence-electron chi connectivity index (χ2n) is 3.57. The number of methoxy groups -OCH3 is 1. The highest BCUT2D eigenvalue weighted by Crippen LogP contribution is 1.99. The van der Waals surface area contributed by atoms with Crippen molar-refractivity contribution >= 4 is 11.9 Å². The molecule has 1 unspecified atom stereocenters. The highest BCUT2D eigenvalue weighted by Gasteiger charge is 2.16. The summed E-state index contributed by atoms with van der Waals surface area (Å²) < 4.78 is 4.60. The van der Waals surface area contributed by atoms with E-state index in [1.54, 1.807) is 18.9 Å². The van der Waals surface area contributed by atoms with Crippen LogP contribution in [0.4, 0.5) is 0 Å². The van der Waals surface area contributed by atoms with E-state index in [2.05, 4.69) is 10.1 Å². The van der Waals surface area contributed by atoms with E-state index in [0.29, 0.717) is 19.6 Å². The molecule has 0 aromatic rings. The first-order valence-electron chi connectivity index (χ1n) is 5.04. The number of carbonyl (C=O) groups excluding carboxylic acids is 2. The maximum atomic E-state index is 11.2. The van der Waals surface area contributed by atoms with Crippen molar-refractivity contribution in [2.24, 2.45) is 5.92 Å². The van der Waals surface area contributed by atoms with Gasteiger partial charge in [-0.25, -0.2) is 0 Å². The number of ether oxygens (including phenoxy) is 1. The van der Waals surface area contributed by atoms with E-state index < -0.39 is 0 Å². The standard InChI is InChI=1S/C10H20N2O3/c1-5-11-9(13)7-12(3)6-8(2)10(14)15-4/h8H,5-7H2,1-4H3,(H,11,13). The van der Waals surface area contributed by atoms with E-state index in [9.17, 15) is 9.59 Å². The minimum Gasteiger partial charge on any atom is -0.469 e. The van der Waals surface area contributed by atoms with Crippen LogP contribution in [0.15, 0.2) is 0 Å². The van der Waals surface area contributed by atoms with Crippen molar-refractivity contribution in [3.05, 3.63) is 0 Å². The van der Waals surface area contributed by atoms with Crippen LogP contribution in [0.2, 0.25) is 0 Å². The van der Waals surface area contributed by atoms with Gasteiger partial charge in [0.25, 0.3) is 0 Å². The largest absolute Gasteiger partial charge is 0.469 e. The molecular weight excluding hydrogens is 196 g/mol. The van der Waals surface area contributed by atoms with Crippen molar-refractivity contribution in [3.63, 3.8) is 0 Å². The fourth-order valence-electron chi connectivity index (χ4n) is 1.31. The van der Waals surface area contributed by atoms with Crippen LogP contribution < -0.4 is 5.32 Å². The molecule has 0 heterocycles. The van der Waals surface area contributed by atoms with Crippen molar-refractivity contribution in [1.82, 2.24) is 10.2 Å². The number of hydrogen-bond donors (Lipinski definition) is 1. The van der Waals surface area contributed by atoms with Crippen LogP contribution in [0.25, 0.3) is 0 Å². The molecule has 0 saturated carbocycles. The zero-order valence-electron chi connectivity index (χ0n) is 9.87. The molecule has 0 spiro atoms. The second-order valence-corrected chi connectivity index (χ2v) is 3.57. The van der Waals surface area contributed by atoms with Gasteiger partial charge in [-0.3, -0.25) is 14.5 Å². The van der Waals surface area contributed by atoms with Gasteiger partial charge in [0.05, 0.1) is 19.6 Å². The third-order valence-electron chi connectivity index (χ3n) is 1.98. The Morgan fingerprint density at radius 3 is 2.53 bits per heavy atom. The van der Waals surface area contributed by atoms with E-state index in [4.69, 9.17) is 0 Å². The molecule has 0 saturated heterocycles. The summed E-state index contributed by atoms with van der Waals surface area (Å²) in [5.41, 5.74) is 0. The van der Waals surface area contributed by atoms with E-state index in [1.807, 2.05) is 6.92 Å². The molecule has 0 aliphatic rings. The summed E-state index contributed by atoms with van der Waals surface area (Å²) in [7, 11) is 3.16. The lowest BCUT2D eigenvalue weighted by Crippen LogP contribution is -2.38. The van der Waals surface area contributed by atoms with Crippen LogP contribution in [-0.4, -0.2) is 50.6 Å². The smallest absolute Gasteiger partial charge is 0.309 e. The molecule has 5 nitrogen and oxygen atoms in total. The number of amides is 1. The minimum absolute atomic E-state index is 0.0305. The van der Waals surface area contributed by atoms with E-state index in [0.717, 1.165) is 0 Å². The molecule has 1 N–H and O–H groups in total. The Hall–Kier alpha value is -1.10. The molecule has 0 bridgehead atoms. The molecule has 0 radical (unpaired) electrons. The van der Waals surface area contributed by atoms with Gasteiger partial charge >= 0.3 is 5.97 Å². The minimum atomic E-state index is -0.252. The Labute approximate surface area is 90.8 Å².